The molecule has 0 spiro atoms. The highest BCUT2D eigenvalue weighted by Crippen LogP contribution is 2.20. The van der Waals surface area contributed by atoms with E-state index in [9.17, 15) is 58.5 Å². The number of hydrogen-bond acceptors (Lipinski definition) is 12. The molecule has 13 N–H and O–H groups in total. The van der Waals surface area contributed by atoms with Gasteiger partial charge < -0.3 is 68.3 Å². The number of carboxylic acids is 2. The van der Waals surface area contributed by atoms with Crippen molar-refractivity contribution < 1.29 is 63.2 Å². The molecule has 1 fully saturated rings. The van der Waals surface area contributed by atoms with Crippen molar-refractivity contribution in [2.24, 2.45) is 28.3 Å². The van der Waals surface area contributed by atoms with Gasteiger partial charge in [-0.1, -0.05) is 92.8 Å². The summed E-state index contributed by atoms with van der Waals surface area (Å²) in [6.45, 7) is 10.1. The van der Waals surface area contributed by atoms with Crippen molar-refractivity contribution in [2.45, 2.75) is 128 Å². The zero-order valence-corrected chi connectivity index (χ0v) is 42.7. The number of aliphatic hydroxyl groups excluding tert-OH is 1. The smallest absolute Gasteiger partial charge is 0.326 e. The number of hydrogen-bond donors (Lipinski definition) is 11. The second kappa shape index (κ2) is 29.8. The summed E-state index contributed by atoms with van der Waals surface area (Å²) in [5, 5.41) is 45.3. The summed E-state index contributed by atoms with van der Waals surface area (Å²) in [5.74, 6) is -11.2. The van der Waals surface area contributed by atoms with Gasteiger partial charge in [0.1, 0.15) is 35.9 Å². The Morgan fingerprint density at radius 1 is 0.905 bits per heavy atom. The van der Waals surface area contributed by atoms with Crippen LogP contribution in [-0.2, 0) is 54.3 Å². The number of aliphatic hydroxyl groups is 1. The zero-order valence-electron chi connectivity index (χ0n) is 42.7. The number of likely N-dealkylation sites (N-methyl/N-ethyl adjacent to an activating group) is 1. The Bertz CT molecular complexity index is 2360. The fraction of sp³-hybridized carbons (Fsp3) is 0.490. The van der Waals surface area contributed by atoms with Crippen LogP contribution in [0.4, 0.5) is 0 Å². The average Bonchev–Trinajstić information content (AvgIpc) is 3.35. The monoisotopic (exact) mass is 1030 g/mol. The molecule has 0 bridgehead atoms. The maximum atomic E-state index is 14.3. The highest BCUT2D eigenvalue weighted by atomic mass is 16.5. The lowest BCUT2D eigenvalue weighted by Crippen LogP contribution is -2.56. The van der Waals surface area contributed by atoms with E-state index < -0.39 is 127 Å². The largest absolute Gasteiger partial charge is 0.480 e. The number of nitrogens with two attached hydrogens (primary N) is 2. The van der Waals surface area contributed by atoms with Gasteiger partial charge in [0.05, 0.1) is 30.6 Å². The van der Waals surface area contributed by atoms with E-state index in [1.165, 1.54) is 39.1 Å². The summed E-state index contributed by atoms with van der Waals surface area (Å²) in [6, 6.07) is 0.672. The molecule has 1 saturated heterocycles. The van der Waals surface area contributed by atoms with Crippen LogP contribution in [0.15, 0.2) is 95.2 Å². The van der Waals surface area contributed by atoms with Gasteiger partial charge in [0, 0.05) is 39.5 Å². The third-order valence-corrected chi connectivity index (χ3v) is 12.4. The first-order valence-electron chi connectivity index (χ1n) is 24.2. The molecule has 1 aliphatic heterocycles. The van der Waals surface area contributed by atoms with Crippen LogP contribution in [0.2, 0.25) is 0 Å². The molecule has 0 aromatic heterocycles. The molecule has 0 unspecified atom stereocenters. The van der Waals surface area contributed by atoms with Crippen molar-refractivity contribution in [3.05, 3.63) is 95.8 Å². The second-order valence-corrected chi connectivity index (χ2v) is 18.3. The van der Waals surface area contributed by atoms with Crippen molar-refractivity contribution in [1.82, 2.24) is 36.8 Å². The van der Waals surface area contributed by atoms with Gasteiger partial charge in [-0.05, 0) is 57.1 Å². The van der Waals surface area contributed by atoms with Crippen LogP contribution >= 0.6 is 0 Å². The van der Waals surface area contributed by atoms with E-state index in [1.807, 2.05) is 43.3 Å². The number of aliphatic carboxylic acids is 2. The first-order valence-corrected chi connectivity index (χ1v) is 24.2. The number of carbonyl (C=O) groups excluding carboxylic acids is 7. The molecule has 0 saturated carbocycles. The van der Waals surface area contributed by atoms with Crippen LogP contribution in [0, 0.1) is 11.8 Å². The number of carboxylic acid groups (broad SMARTS) is 2. The predicted molar refractivity (Wildman–Crippen MR) is 273 cm³/mol. The third-order valence-electron chi connectivity index (χ3n) is 12.4. The number of benzene rings is 1. The summed E-state index contributed by atoms with van der Waals surface area (Å²) in [4.78, 5) is 126. The average molecular weight is 1030 g/mol. The molecule has 2 aliphatic rings. The number of methoxy groups -OCH3 is 1. The first kappa shape index (κ1) is 60.6. The number of nitrogens with one attached hydrogen (secondary N) is 6. The van der Waals surface area contributed by atoms with E-state index in [2.05, 4.69) is 43.5 Å². The minimum Gasteiger partial charge on any atom is -0.480 e. The number of allylic oxidation sites excluding steroid dienone is 3. The van der Waals surface area contributed by atoms with Crippen molar-refractivity contribution in [1.29, 1.82) is 0 Å². The van der Waals surface area contributed by atoms with E-state index in [-0.39, 0.29) is 50.2 Å². The Morgan fingerprint density at radius 3 is 2.16 bits per heavy atom. The van der Waals surface area contributed by atoms with E-state index in [0.29, 0.717) is 17.6 Å². The summed E-state index contributed by atoms with van der Waals surface area (Å²) in [7, 11) is 2.80. The maximum Gasteiger partial charge on any atom is 0.326 e. The van der Waals surface area contributed by atoms with Crippen LogP contribution in [0.3, 0.4) is 0 Å². The summed E-state index contributed by atoms with van der Waals surface area (Å²) >= 11 is 0. The molecule has 74 heavy (non-hydrogen) atoms. The number of carbonyl (C=O) groups is 9. The van der Waals surface area contributed by atoms with Crippen LogP contribution in [0.1, 0.15) is 78.2 Å². The summed E-state index contributed by atoms with van der Waals surface area (Å²) in [6.07, 6.45) is 7.32. The molecule has 23 nitrogen and oxygen atoms in total. The molecule has 1 heterocycles. The lowest BCUT2D eigenvalue weighted by Gasteiger charge is -2.27. The third kappa shape index (κ3) is 20.1. The highest BCUT2D eigenvalue weighted by molar-refractivity contribution is 6.00. The topological polar surface area (TPSA) is 363 Å². The maximum absolute atomic E-state index is 14.3. The van der Waals surface area contributed by atoms with Crippen LogP contribution < -0.4 is 43.4 Å². The molecule has 23 heteroatoms. The summed E-state index contributed by atoms with van der Waals surface area (Å²) < 4.78 is 5.81. The fourth-order valence-electron chi connectivity index (χ4n) is 7.81. The van der Waals surface area contributed by atoms with Crippen LogP contribution in [0.5, 0.6) is 0 Å². The van der Waals surface area contributed by atoms with Crippen molar-refractivity contribution in [2.75, 3.05) is 20.7 Å². The zero-order chi connectivity index (χ0) is 55.2. The predicted octanol–water partition coefficient (Wildman–Crippen LogP) is -0.0364. The van der Waals surface area contributed by atoms with E-state index >= 15 is 0 Å². The van der Waals surface area contributed by atoms with Crippen molar-refractivity contribution in [3.8, 4) is 0 Å². The standard InChI is InChI=1S/C51H72N10O13/c1-28(24-29(2)41(74-7)26-33-12-9-8-10-13-33)15-20-36-30(3)44(65)58-38(49(70)71)21-22-43(64)61(6)32(5)46(67)55-31(4)45(66)59-39(25-34-16-18-35(62)19-17-34)48(69)60-40(50(72)73)27-42(63)56-37(47(68)57-36)14-11-23-54-51(52)53/h8-10,12-13,15-18,20,24,29-31,35-41,62H,5,11,14,19,21-23,25-27H2,1-4,6-7H3,(H,55,67)(H,56,63)(H,57,68)(H,58,65)(H,59,66)(H,60,69)(H,70,71)(H,72,73)(H4,52,53,54)/b20-15+,28-24+/t29-,30-,31+,35-,36-,37-,38+,39-,40+,41-/m0/s1. The van der Waals surface area contributed by atoms with Crippen molar-refractivity contribution >= 4 is 59.2 Å². The lowest BCUT2D eigenvalue weighted by molar-refractivity contribution is -0.144. The molecular weight excluding hydrogens is 961 g/mol. The number of guanidine groups is 1. The minimum atomic E-state index is -1.92. The van der Waals surface area contributed by atoms with Crippen LogP contribution in [0.25, 0.3) is 0 Å². The van der Waals surface area contributed by atoms with Gasteiger partial charge >= 0.3 is 11.9 Å². The second-order valence-electron chi connectivity index (χ2n) is 18.3. The van der Waals surface area contributed by atoms with Gasteiger partial charge in [-0.15, -0.1) is 0 Å². The normalized spacial score (nSPS) is 25.6. The van der Waals surface area contributed by atoms with Crippen molar-refractivity contribution in [3.63, 3.8) is 0 Å². The number of nitrogens with zero attached hydrogens (tertiary/aromatic N) is 2. The van der Waals surface area contributed by atoms with Crippen LogP contribution in [-0.4, -0.2) is 149 Å². The molecular formula is C51H72N10O13. The molecule has 7 amide bonds. The van der Waals surface area contributed by atoms with Gasteiger partial charge in [0.2, 0.25) is 35.4 Å². The SMILES string of the molecule is C=C1C(=O)N[C@H](C)C(=O)N[C@@H](CC2=CC[C@@H](O)C=C2)C(=O)N[C@@H](C(=O)O)CC(=O)N[C@@H](CCCN=C(N)N)C(=O)N[C@@H](/C=C/C(C)=C/[C@H](C)[C@H](Cc2ccccc2)OC)[C@H](C)C(=O)N[C@@H](C(=O)O)CCC(=O)N1C. The number of ether oxygens (including phenoxy) is 1. The van der Waals surface area contributed by atoms with Gasteiger partial charge in [0.15, 0.2) is 5.96 Å². The fourth-order valence-corrected chi connectivity index (χ4v) is 7.81. The number of amides is 7. The molecule has 404 valence electrons. The Balaban J connectivity index is 2.10. The van der Waals surface area contributed by atoms with Gasteiger partial charge in [0.25, 0.3) is 5.91 Å². The Kier molecular flexibility index (Phi) is 24.4. The molecule has 1 aromatic carbocycles. The highest BCUT2D eigenvalue weighted by Gasteiger charge is 2.34. The Labute approximate surface area is 430 Å². The minimum absolute atomic E-state index is 0.00974. The van der Waals surface area contributed by atoms with Gasteiger partial charge in [-0.2, -0.15) is 0 Å². The molecule has 3 rings (SSSR count). The number of rotatable bonds is 15. The molecule has 1 aliphatic carbocycles. The van der Waals surface area contributed by atoms with E-state index in [1.54, 1.807) is 26.2 Å². The van der Waals surface area contributed by atoms with E-state index in [0.717, 1.165) is 10.5 Å². The molecule has 0 radical (unpaired) electrons. The van der Waals surface area contributed by atoms with Gasteiger partial charge in [-0.3, -0.25) is 38.6 Å². The van der Waals surface area contributed by atoms with Gasteiger partial charge in [-0.25, -0.2) is 9.59 Å². The summed E-state index contributed by atoms with van der Waals surface area (Å²) in [5.41, 5.74) is 12.8. The number of aliphatic imine (C=N–C) groups is 1. The Morgan fingerprint density at radius 2 is 1.55 bits per heavy atom. The quantitative estimate of drug-likeness (QED) is 0.0361. The lowest BCUT2D eigenvalue weighted by atomic mass is 9.94. The Hall–Kier alpha value is -7.66. The van der Waals surface area contributed by atoms with E-state index in [4.69, 9.17) is 16.2 Å². The first-order chi connectivity index (χ1) is 34.9. The molecule has 1 aromatic rings. The molecule has 10 atom stereocenters.